The number of carbonyl (C=O) groups is 2. The molecular formula is C28H36N2O2. The molecule has 32 heavy (non-hydrogen) atoms. The van der Waals surface area contributed by atoms with Crippen molar-refractivity contribution in [3.8, 4) is 0 Å². The first-order valence-corrected chi connectivity index (χ1v) is 13.2. The maximum atomic E-state index is 13.4. The Kier molecular flexibility index (Phi) is 4.19. The molecule has 0 aliphatic heterocycles. The molecule has 8 bridgehead atoms. The highest BCUT2D eigenvalue weighted by molar-refractivity contribution is 5.98. The van der Waals surface area contributed by atoms with Crippen LogP contribution < -0.4 is 10.6 Å². The van der Waals surface area contributed by atoms with Crippen molar-refractivity contribution < 1.29 is 9.59 Å². The number of rotatable bonds is 4. The van der Waals surface area contributed by atoms with Gasteiger partial charge in [-0.1, -0.05) is 6.07 Å². The Morgan fingerprint density at radius 2 is 0.906 bits per heavy atom. The van der Waals surface area contributed by atoms with Crippen molar-refractivity contribution >= 4 is 23.2 Å². The molecule has 1 aromatic carbocycles. The maximum absolute atomic E-state index is 13.4. The summed E-state index contributed by atoms with van der Waals surface area (Å²) in [5, 5.41) is 6.52. The van der Waals surface area contributed by atoms with Crippen molar-refractivity contribution in [3.05, 3.63) is 24.3 Å². The average molecular weight is 433 g/mol. The van der Waals surface area contributed by atoms with Crippen LogP contribution in [-0.4, -0.2) is 11.8 Å². The number of carbonyl (C=O) groups excluding carboxylic acids is 2. The van der Waals surface area contributed by atoms with Crippen LogP contribution >= 0.6 is 0 Å². The van der Waals surface area contributed by atoms with E-state index in [9.17, 15) is 9.59 Å². The molecule has 2 amide bonds. The van der Waals surface area contributed by atoms with Crippen molar-refractivity contribution in [2.45, 2.75) is 77.0 Å². The monoisotopic (exact) mass is 432 g/mol. The molecule has 0 aromatic heterocycles. The molecule has 0 saturated heterocycles. The van der Waals surface area contributed by atoms with Crippen LogP contribution in [-0.2, 0) is 9.59 Å². The predicted molar refractivity (Wildman–Crippen MR) is 125 cm³/mol. The lowest BCUT2D eigenvalue weighted by Gasteiger charge is -2.55. The van der Waals surface area contributed by atoms with E-state index in [1.807, 2.05) is 24.3 Å². The van der Waals surface area contributed by atoms with E-state index in [1.165, 1.54) is 38.5 Å². The molecule has 4 heteroatoms. The summed E-state index contributed by atoms with van der Waals surface area (Å²) in [5.41, 5.74) is 1.36. The van der Waals surface area contributed by atoms with Gasteiger partial charge in [-0.05, 0) is 131 Å². The van der Waals surface area contributed by atoms with E-state index in [2.05, 4.69) is 10.6 Å². The summed E-state index contributed by atoms with van der Waals surface area (Å²) in [6, 6.07) is 7.87. The van der Waals surface area contributed by atoms with Crippen LogP contribution in [0, 0.1) is 46.3 Å². The van der Waals surface area contributed by atoms with E-state index in [0.717, 1.165) is 85.4 Å². The molecule has 8 aliphatic rings. The molecule has 0 unspecified atom stereocenters. The largest absolute Gasteiger partial charge is 0.326 e. The van der Waals surface area contributed by atoms with E-state index in [0.29, 0.717) is 0 Å². The molecule has 4 nitrogen and oxygen atoms in total. The summed E-state index contributed by atoms with van der Waals surface area (Å²) in [7, 11) is 0. The lowest BCUT2D eigenvalue weighted by molar-refractivity contribution is -0.140. The van der Waals surface area contributed by atoms with Gasteiger partial charge in [0.25, 0.3) is 0 Å². The smallest absolute Gasteiger partial charge is 0.230 e. The third-order valence-corrected chi connectivity index (χ3v) is 10.4. The van der Waals surface area contributed by atoms with Gasteiger partial charge in [0.2, 0.25) is 11.8 Å². The van der Waals surface area contributed by atoms with E-state index in [-0.39, 0.29) is 22.6 Å². The first-order chi connectivity index (χ1) is 15.5. The minimum atomic E-state index is -0.146. The van der Waals surface area contributed by atoms with Crippen LogP contribution in [0.5, 0.6) is 0 Å². The van der Waals surface area contributed by atoms with Crippen molar-refractivity contribution in [2.24, 2.45) is 46.3 Å². The van der Waals surface area contributed by atoms with Crippen molar-refractivity contribution in [1.29, 1.82) is 0 Å². The molecule has 8 saturated carbocycles. The number of amides is 2. The van der Waals surface area contributed by atoms with Gasteiger partial charge in [-0.15, -0.1) is 0 Å². The van der Waals surface area contributed by atoms with Crippen LogP contribution in [0.2, 0.25) is 0 Å². The third-order valence-electron chi connectivity index (χ3n) is 10.4. The van der Waals surface area contributed by atoms with Crippen LogP contribution in [0.15, 0.2) is 24.3 Å². The topological polar surface area (TPSA) is 58.2 Å². The highest BCUT2D eigenvalue weighted by atomic mass is 16.2. The van der Waals surface area contributed by atoms with Crippen LogP contribution in [0.3, 0.4) is 0 Å². The predicted octanol–water partition coefficient (Wildman–Crippen LogP) is 6.00. The van der Waals surface area contributed by atoms with Gasteiger partial charge >= 0.3 is 0 Å². The van der Waals surface area contributed by atoms with Crippen molar-refractivity contribution in [2.75, 3.05) is 10.6 Å². The average Bonchev–Trinajstić information content (AvgIpc) is 2.72. The standard InChI is InChI=1S/C28H36N2O2/c31-25(27-11-17-4-18(12-27)6-19(5-17)13-27)29-23-2-1-3-24(10-23)30-26(32)28-14-20-7-21(15-28)9-22(8-20)16-28/h1-3,10,17-22H,4-9,11-16H2,(H,29,31)(H,30,32). The molecule has 8 fully saturated rings. The Balaban J connectivity index is 1.06. The van der Waals surface area contributed by atoms with Crippen LogP contribution in [0.4, 0.5) is 11.4 Å². The quantitative estimate of drug-likeness (QED) is 0.613. The molecule has 0 spiro atoms. The maximum Gasteiger partial charge on any atom is 0.230 e. The molecule has 0 atom stereocenters. The molecule has 8 aliphatic carbocycles. The second kappa shape index (κ2) is 6.84. The summed E-state index contributed by atoms with van der Waals surface area (Å²) >= 11 is 0. The molecule has 170 valence electrons. The lowest BCUT2D eigenvalue weighted by atomic mass is 9.49. The molecule has 0 radical (unpaired) electrons. The fourth-order valence-electron chi connectivity index (χ4n) is 9.98. The highest BCUT2D eigenvalue weighted by Gasteiger charge is 2.55. The Labute approximate surface area is 191 Å². The van der Waals surface area contributed by atoms with E-state index in [1.54, 1.807) is 0 Å². The summed E-state index contributed by atoms with van der Waals surface area (Å²) in [5.74, 6) is 5.02. The van der Waals surface area contributed by atoms with Crippen LogP contribution in [0.1, 0.15) is 77.0 Å². The minimum absolute atomic E-state index is 0.146. The zero-order valence-corrected chi connectivity index (χ0v) is 19.1. The number of anilines is 2. The number of nitrogens with one attached hydrogen (secondary N) is 2. The van der Waals surface area contributed by atoms with E-state index < -0.39 is 0 Å². The molecule has 0 heterocycles. The van der Waals surface area contributed by atoms with Gasteiger partial charge in [0, 0.05) is 11.4 Å². The van der Waals surface area contributed by atoms with E-state index >= 15 is 0 Å². The molecule has 2 N–H and O–H groups in total. The molecular weight excluding hydrogens is 396 g/mol. The highest BCUT2D eigenvalue weighted by Crippen LogP contribution is 2.61. The number of hydrogen-bond acceptors (Lipinski definition) is 2. The Hall–Kier alpha value is -1.84. The first kappa shape index (κ1) is 19.6. The van der Waals surface area contributed by atoms with Gasteiger partial charge in [0.1, 0.15) is 0 Å². The summed E-state index contributed by atoms with van der Waals surface area (Å²) in [4.78, 5) is 26.9. The van der Waals surface area contributed by atoms with Gasteiger partial charge in [0.05, 0.1) is 10.8 Å². The zero-order chi connectivity index (χ0) is 21.5. The zero-order valence-electron chi connectivity index (χ0n) is 19.1. The lowest BCUT2D eigenvalue weighted by Crippen LogP contribution is -2.52. The van der Waals surface area contributed by atoms with Gasteiger partial charge in [-0.2, -0.15) is 0 Å². The van der Waals surface area contributed by atoms with Gasteiger partial charge < -0.3 is 10.6 Å². The normalized spacial score (nSPS) is 45.1. The van der Waals surface area contributed by atoms with Gasteiger partial charge in [-0.25, -0.2) is 0 Å². The minimum Gasteiger partial charge on any atom is -0.326 e. The first-order valence-electron chi connectivity index (χ1n) is 13.2. The van der Waals surface area contributed by atoms with Gasteiger partial charge in [0.15, 0.2) is 0 Å². The van der Waals surface area contributed by atoms with Crippen molar-refractivity contribution in [1.82, 2.24) is 0 Å². The van der Waals surface area contributed by atoms with E-state index in [4.69, 9.17) is 0 Å². The Morgan fingerprint density at radius 1 is 0.594 bits per heavy atom. The summed E-state index contributed by atoms with van der Waals surface area (Å²) < 4.78 is 0. The second-order valence-corrected chi connectivity index (χ2v) is 12.9. The third kappa shape index (κ3) is 3.08. The van der Waals surface area contributed by atoms with Gasteiger partial charge in [-0.3, -0.25) is 9.59 Å². The Morgan fingerprint density at radius 3 is 1.22 bits per heavy atom. The molecule has 1 aromatic rings. The van der Waals surface area contributed by atoms with Crippen molar-refractivity contribution in [3.63, 3.8) is 0 Å². The second-order valence-electron chi connectivity index (χ2n) is 12.9. The number of hydrogen-bond donors (Lipinski definition) is 2. The Bertz CT molecular complexity index is 822. The summed E-state index contributed by atoms with van der Waals surface area (Å²) in [6.07, 6.45) is 14.5. The fraction of sp³-hybridized carbons (Fsp3) is 0.714. The van der Waals surface area contributed by atoms with Crippen LogP contribution in [0.25, 0.3) is 0 Å². The number of benzene rings is 1. The fourth-order valence-corrected chi connectivity index (χ4v) is 9.98. The summed E-state index contributed by atoms with van der Waals surface area (Å²) in [6.45, 7) is 0. The molecule has 9 rings (SSSR count). The SMILES string of the molecule is O=C(Nc1cccc(NC(=O)C23CC4CC(CC(C4)C2)C3)c1)C12CC3CC(CC(C3)C1)C2.